The van der Waals surface area contributed by atoms with Crippen molar-refractivity contribution in [3.8, 4) is 0 Å². The molecule has 0 amide bonds. The third-order valence-electron chi connectivity index (χ3n) is 3.83. The maximum atomic E-state index is 12.9. The topological polar surface area (TPSA) is 29.5 Å². The molecule has 0 bridgehead atoms. The van der Waals surface area contributed by atoms with Gasteiger partial charge in [0.25, 0.3) is 0 Å². The van der Waals surface area contributed by atoms with Gasteiger partial charge >= 0.3 is 12.1 Å². The van der Waals surface area contributed by atoms with Crippen LogP contribution in [0.1, 0.15) is 28.8 Å². The SMILES string of the molecule is COC(=O)c1ccc(Br)cc1CN1CCCC(C(F)(F)F)C1. The predicted molar refractivity (Wildman–Crippen MR) is 79.5 cm³/mol. The molecule has 1 fully saturated rings. The lowest BCUT2D eigenvalue weighted by molar-refractivity contribution is -0.187. The maximum absolute atomic E-state index is 12.9. The third-order valence-corrected chi connectivity index (χ3v) is 4.33. The summed E-state index contributed by atoms with van der Waals surface area (Å²) in [7, 11) is 1.29. The number of hydrogen-bond donors (Lipinski definition) is 0. The minimum atomic E-state index is -4.17. The Morgan fingerprint density at radius 1 is 1.45 bits per heavy atom. The molecule has 1 heterocycles. The van der Waals surface area contributed by atoms with Crippen LogP contribution in [0.5, 0.6) is 0 Å². The Balaban J connectivity index is 2.16. The molecule has 1 aliphatic heterocycles. The summed E-state index contributed by atoms with van der Waals surface area (Å²) in [5.74, 6) is -1.78. The van der Waals surface area contributed by atoms with Crippen LogP contribution in [-0.4, -0.2) is 37.2 Å². The Kier molecular flexibility index (Phi) is 5.50. The van der Waals surface area contributed by atoms with Crippen molar-refractivity contribution in [2.45, 2.75) is 25.6 Å². The first-order chi connectivity index (χ1) is 10.3. The van der Waals surface area contributed by atoms with E-state index in [0.29, 0.717) is 30.6 Å². The fourth-order valence-electron chi connectivity index (χ4n) is 2.71. The van der Waals surface area contributed by atoms with Gasteiger partial charge in [-0.3, -0.25) is 4.90 Å². The van der Waals surface area contributed by atoms with E-state index in [-0.39, 0.29) is 13.0 Å². The molecule has 1 unspecified atom stereocenters. The quantitative estimate of drug-likeness (QED) is 0.743. The van der Waals surface area contributed by atoms with Crippen molar-refractivity contribution >= 4 is 21.9 Å². The maximum Gasteiger partial charge on any atom is 0.393 e. The molecular weight excluding hydrogens is 363 g/mol. The van der Waals surface area contributed by atoms with Crippen LogP contribution in [0.3, 0.4) is 0 Å². The lowest BCUT2D eigenvalue weighted by Crippen LogP contribution is -2.41. The van der Waals surface area contributed by atoms with Gasteiger partial charge in [0.1, 0.15) is 0 Å². The number of carbonyl (C=O) groups is 1. The Bertz CT molecular complexity index is 548. The van der Waals surface area contributed by atoms with E-state index >= 15 is 0 Å². The largest absolute Gasteiger partial charge is 0.465 e. The number of carbonyl (C=O) groups excluding carboxylic acids is 1. The molecule has 122 valence electrons. The molecule has 0 spiro atoms. The number of rotatable bonds is 3. The first kappa shape index (κ1) is 17.3. The molecule has 0 N–H and O–H groups in total. The van der Waals surface area contributed by atoms with Crippen LogP contribution in [0.2, 0.25) is 0 Å². The number of alkyl halides is 3. The summed E-state index contributed by atoms with van der Waals surface area (Å²) >= 11 is 3.33. The van der Waals surface area contributed by atoms with E-state index in [9.17, 15) is 18.0 Å². The minimum Gasteiger partial charge on any atom is -0.465 e. The summed E-state index contributed by atoms with van der Waals surface area (Å²) in [6.45, 7) is 0.868. The number of ether oxygens (including phenoxy) is 1. The number of esters is 1. The van der Waals surface area contributed by atoms with Gasteiger partial charge in [0.15, 0.2) is 0 Å². The van der Waals surface area contributed by atoms with Gasteiger partial charge in [0.2, 0.25) is 0 Å². The van der Waals surface area contributed by atoms with Crippen LogP contribution in [0.15, 0.2) is 22.7 Å². The molecule has 22 heavy (non-hydrogen) atoms. The van der Waals surface area contributed by atoms with Gasteiger partial charge < -0.3 is 4.74 Å². The highest BCUT2D eigenvalue weighted by Gasteiger charge is 2.41. The first-order valence-electron chi connectivity index (χ1n) is 6.97. The molecule has 1 saturated heterocycles. The van der Waals surface area contributed by atoms with Crippen molar-refractivity contribution in [1.82, 2.24) is 4.90 Å². The number of piperidine rings is 1. The summed E-state index contributed by atoms with van der Waals surface area (Å²) in [5.41, 5.74) is 1.06. The van der Waals surface area contributed by atoms with Gasteiger partial charge in [0.05, 0.1) is 18.6 Å². The Labute approximate surface area is 135 Å². The fourth-order valence-corrected chi connectivity index (χ4v) is 3.12. The van der Waals surface area contributed by atoms with Crippen molar-refractivity contribution in [2.75, 3.05) is 20.2 Å². The number of benzene rings is 1. The average molecular weight is 380 g/mol. The second-order valence-electron chi connectivity index (χ2n) is 5.41. The van der Waals surface area contributed by atoms with E-state index in [1.54, 1.807) is 23.1 Å². The molecule has 1 aliphatic rings. The number of nitrogens with zero attached hydrogens (tertiary/aromatic N) is 1. The number of hydrogen-bond acceptors (Lipinski definition) is 3. The standard InChI is InChI=1S/C15H17BrF3NO2/c1-22-14(21)13-5-4-12(16)7-10(13)8-20-6-2-3-11(9-20)15(17,18)19/h4-5,7,11H,2-3,6,8-9H2,1H3. The van der Waals surface area contributed by atoms with Crippen molar-refractivity contribution < 1.29 is 22.7 Å². The fraction of sp³-hybridized carbons (Fsp3) is 0.533. The van der Waals surface area contributed by atoms with Crippen LogP contribution in [-0.2, 0) is 11.3 Å². The zero-order valence-corrected chi connectivity index (χ0v) is 13.7. The van der Waals surface area contributed by atoms with Crippen molar-refractivity contribution in [1.29, 1.82) is 0 Å². The van der Waals surface area contributed by atoms with Gasteiger partial charge in [-0.15, -0.1) is 0 Å². The number of likely N-dealkylation sites (tertiary alicyclic amines) is 1. The van der Waals surface area contributed by atoms with Crippen LogP contribution < -0.4 is 0 Å². The van der Waals surface area contributed by atoms with E-state index in [2.05, 4.69) is 15.9 Å². The monoisotopic (exact) mass is 379 g/mol. The third kappa shape index (κ3) is 4.23. The minimum absolute atomic E-state index is 0.0311. The van der Waals surface area contributed by atoms with Crippen LogP contribution in [0.25, 0.3) is 0 Å². The van der Waals surface area contributed by atoms with E-state index in [4.69, 9.17) is 4.74 Å². The Morgan fingerprint density at radius 3 is 2.82 bits per heavy atom. The van der Waals surface area contributed by atoms with Gasteiger partial charge in [-0.25, -0.2) is 4.79 Å². The lowest BCUT2D eigenvalue weighted by Gasteiger charge is -2.34. The highest BCUT2D eigenvalue weighted by molar-refractivity contribution is 9.10. The second kappa shape index (κ2) is 7.00. The molecule has 1 aromatic rings. The Morgan fingerprint density at radius 2 is 2.18 bits per heavy atom. The van der Waals surface area contributed by atoms with Gasteiger partial charge in [-0.05, 0) is 43.1 Å². The van der Waals surface area contributed by atoms with Gasteiger partial charge in [-0.1, -0.05) is 15.9 Å². The number of halogens is 4. The van der Waals surface area contributed by atoms with Crippen LogP contribution >= 0.6 is 15.9 Å². The van der Waals surface area contributed by atoms with Gasteiger partial charge in [-0.2, -0.15) is 13.2 Å². The van der Waals surface area contributed by atoms with E-state index in [0.717, 1.165) is 4.47 Å². The molecule has 0 aliphatic carbocycles. The lowest BCUT2D eigenvalue weighted by atomic mass is 9.96. The molecule has 3 nitrogen and oxygen atoms in total. The summed E-state index contributed by atoms with van der Waals surface area (Å²) in [4.78, 5) is 13.5. The molecule has 0 saturated carbocycles. The molecular formula is C15H17BrF3NO2. The summed E-state index contributed by atoms with van der Waals surface area (Å²) in [6.07, 6.45) is -3.49. The highest BCUT2D eigenvalue weighted by atomic mass is 79.9. The highest BCUT2D eigenvalue weighted by Crippen LogP contribution is 2.33. The second-order valence-corrected chi connectivity index (χ2v) is 6.32. The molecule has 1 atom stereocenters. The van der Waals surface area contributed by atoms with Crippen molar-refractivity contribution in [3.63, 3.8) is 0 Å². The van der Waals surface area contributed by atoms with Crippen LogP contribution in [0, 0.1) is 5.92 Å². The van der Waals surface area contributed by atoms with Gasteiger partial charge in [0, 0.05) is 17.6 Å². The normalized spacial score (nSPS) is 20.0. The van der Waals surface area contributed by atoms with E-state index in [1.807, 2.05) is 0 Å². The molecule has 2 rings (SSSR count). The Hall–Kier alpha value is -1.08. The summed E-state index contributed by atoms with van der Waals surface area (Å²) < 4.78 is 44.1. The first-order valence-corrected chi connectivity index (χ1v) is 7.76. The van der Waals surface area contributed by atoms with Crippen molar-refractivity contribution in [2.24, 2.45) is 5.92 Å². The smallest absolute Gasteiger partial charge is 0.393 e. The molecule has 1 aromatic carbocycles. The molecule has 7 heteroatoms. The van der Waals surface area contributed by atoms with E-state index < -0.39 is 18.1 Å². The number of methoxy groups -OCH3 is 1. The average Bonchev–Trinajstić information content (AvgIpc) is 2.46. The summed E-state index contributed by atoms with van der Waals surface area (Å²) in [5, 5.41) is 0. The van der Waals surface area contributed by atoms with E-state index in [1.165, 1.54) is 7.11 Å². The summed E-state index contributed by atoms with van der Waals surface area (Å²) in [6, 6.07) is 5.09. The molecule has 0 aromatic heterocycles. The predicted octanol–water partition coefficient (Wildman–Crippen LogP) is 4.01. The zero-order valence-electron chi connectivity index (χ0n) is 12.1. The van der Waals surface area contributed by atoms with Crippen molar-refractivity contribution in [3.05, 3.63) is 33.8 Å². The zero-order chi connectivity index (χ0) is 16.3. The van der Waals surface area contributed by atoms with Crippen LogP contribution in [0.4, 0.5) is 13.2 Å². The molecule has 0 radical (unpaired) electrons.